The Balaban J connectivity index is 2.36. The lowest BCUT2D eigenvalue weighted by molar-refractivity contribution is -0.139. The van der Waals surface area contributed by atoms with E-state index in [9.17, 15) is 4.79 Å². The predicted octanol–water partition coefficient (Wildman–Crippen LogP) is 3.43. The minimum Gasteiger partial charge on any atom is -0.493 e. The van der Waals surface area contributed by atoms with Crippen LogP contribution in [0.5, 0.6) is 11.5 Å². The van der Waals surface area contributed by atoms with Crippen molar-refractivity contribution in [1.29, 1.82) is 0 Å². The molecule has 0 aliphatic rings. The van der Waals surface area contributed by atoms with Gasteiger partial charge in [-0.3, -0.25) is 0 Å². The van der Waals surface area contributed by atoms with Gasteiger partial charge in [-0.2, -0.15) is 0 Å². The van der Waals surface area contributed by atoms with E-state index in [1.165, 1.54) is 7.11 Å². The number of carboxylic acids is 1. The first-order valence-corrected chi connectivity index (χ1v) is 7.25. The van der Waals surface area contributed by atoms with Crippen LogP contribution in [0.15, 0.2) is 24.3 Å². The molecule has 1 heterocycles. The molecule has 0 fully saturated rings. The molecule has 0 radical (unpaired) electrons. The molecule has 0 spiro atoms. The monoisotopic (exact) mass is 352 g/mol. The number of carbonyl (C=O) groups is 1. The lowest BCUT2D eigenvalue weighted by atomic mass is 10.1. The summed E-state index contributed by atoms with van der Waals surface area (Å²) in [7, 11) is 1.48. The molecule has 1 aromatic heterocycles. The number of nitrogens with one attached hydrogen (secondary N) is 1. The van der Waals surface area contributed by atoms with Crippen molar-refractivity contribution >= 4 is 41.9 Å². The highest BCUT2D eigenvalue weighted by Crippen LogP contribution is 2.32. The second-order valence-corrected chi connectivity index (χ2v) is 5.13. The number of methoxy groups -OCH3 is 1. The first-order valence-electron chi connectivity index (χ1n) is 6.46. The van der Waals surface area contributed by atoms with Crippen molar-refractivity contribution in [2.24, 2.45) is 0 Å². The van der Waals surface area contributed by atoms with Crippen LogP contribution in [0.3, 0.4) is 0 Å². The van der Waals surface area contributed by atoms with Gasteiger partial charge in [0.25, 0.3) is 0 Å². The Kier molecular flexibility index (Phi) is 5.72. The number of para-hydroxylation sites is 1. The number of aromatic nitrogens is 2. The number of hydrogen-bond acceptors (Lipinski definition) is 5. The minimum atomic E-state index is -1.07. The molecular weight excluding hydrogens is 340 g/mol. The van der Waals surface area contributed by atoms with Gasteiger partial charge in [0.2, 0.25) is 0 Å². The van der Waals surface area contributed by atoms with E-state index in [0.29, 0.717) is 22.8 Å². The average molecular weight is 353 g/mol. The average Bonchev–Trinajstić information content (AvgIpc) is 2.50. The Morgan fingerprint density at radius 1 is 1.48 bits per heavy atom. The van der Waals surface area contributed by atoms with Gasteiger partial charge in [-0.1, -0.05) is 23.7 Å². The van der Waals surface area contributed by atoms with Gasteiger partial charge in [0.05, 0.1) is 7.11 Å². The first-order chi connectivity index (χ1) is 11.0. The number of aromatic amines is 1. The molecule has 0 unspecified atom stereocenters. The molecule has 0 bridgehead atoms. The van der Waals surface area contributed by atoms with Crippen molar-refractivity contribution in [2.75, 3.05) is 13.7 Å². The smallest absolute Gasteiger partial charge is 0.341 e. The van der Waals surface area contributed by atoms with E-state index in [1.54, 1.807) is 36.4 Å². The Morgan fingerprint density at radius 3 is 2.91 bits per heavy atom. The SMILES string of the molecule is COc1cccc(C=Cc2cc(Cl)nc(=S)[nH]2)c1OCC(=O)O. The first kappa shape index (κ1) is 17.0. The maximum absolute atomic E-state index is 10.7. The van der Waals surface area contributed by atoms with Crippen molar-refractivity contribution < 1.29 is 19.4 Å². The number of ether oxygens (including phenoxy) is 2. The molecule has 0 aliphatic heterocycles. The largest absolute Gasteiger partial charge is 0.493 e. The number of H-pyrrole nitrogens is 1. The van der Waals surface area contributed by atoms with Gasteiger partial charge in [-0.05, 0) is 36.5 Å². The van der Waals surface area contributed by atoms with Crippen LogP contribution in [0.25, 0.3) is 12.2 Å². The Labute approximate surface area is 142 Å². The topological polar surface area (TPSA) is 84.4 Å². The maximum Gasteiger partial charge on any atom is 0.341 e. The molecule has 2 rings (SSSR count). The van der Waals surface area contributed by atoms with Crippen molar-refractivity contribution in [1.82, 2.24) is 9.97 Å². The van der Waals surface area contributed by atoms with E-state index in [-0.39, 0.29) is 9.92 Å². The third-order valence-electron chi connectivity index (χ3n) is 2.75. The van der Waals surface area contributed by atoms with Gasteiger partial charge >= 0.3 is 5.97 Å². The van der Waals surface area contributed by atoms with Crippen molar-refractivity contribution in [2.45, 2.75) is 0 Å². The molecular formula is C15H13ClN2O4S. The minimum absolute atomic E-state index is 0.269. The summed E-state index contributed by atoms with van der Waals surface area (Å²) in [5.74, 6) is -0.294. The van der Waals surface area contributed by atoms with Gasteiger partial charge in [0.1, 0.15) is 5.15 Å². The Morgan fingerprint density at radius 2 is 2.26 bits per heavy atom. The zero-order chi connectivity index (χ0) is 16.8. The highest BCUT2D eigenvalue weighted by atomic mass is 35.5. The fraction of sp³-hybridized carbons (Fsp3) is 0.133. The summed E-state index contributed by atoms with van der Waals surface area (Å²) in [6.07, 6.45) is 3.46. The fourth-order valence-electron chi connectivity index (χ4n) is 1.83. The molecule has 2 N–H and O–H groups in total. The zero-order valence-electron chi connectivity index (χ0n) is 12.1. The number of hydrogen-bond donors (Lipinski definition) is 2. The number of nitrogens with zero attached hydrogens (tertiary/aromatic N) is 1. The van der Waals surface area contributed by atoms with Crippen molar-refractivity contribution in [3.63, 3.8) is 0 Å². The van der Waals surface area contributed by atoms with Gasteiger partial charge in [0, 0.05) is 11.3 Å². The van der Waals surface area contributed by atoms with Crippen LogP contribution in [0.1, 0.15) is 11.3 Å². The van der Waals surface area contributed by atoms with Gasteiger partial charge in [-0.15, -0.1) is 0 Å². The van der Waals surface area contributed by atoms with E-state index in [0.717, 1.165) is 0 Å². The molecule has 120 valence electrons. The van der Waals surface area contributed by atoms with Crippen LogP contribution >= 0.6 is 23.8 Å². The summed E-state index contributed by atoms with van der Waals surface area (Å²) in [4.78, 5) is 17.5. The van der Waals surface area contributed by atoms with Crippen LogP contribution in [-0.2, 0) is 4.79 Å². The molecule has 23 heavy (non-hydrogen) atoms. The normalized spacial score (nSPS) is 10.7. The second kappa shape index (κ2) is 7.75. The van der Waals surface area contributed by atoms with Crippen LogP contribution in [-0.4, -0.2) is 34.8 Å². The summed E-state index contributed by atoms with van der Waals surface area (Å²) in [6, 6.07) is 6.85. The van der Waals surface area contributed by atoms with Crippen molar-refractivity contribution in [3.8, 4) is 11.5 Å². The molecule has 6 nitrogen and oxygen atoms in total. The second-order valence-electron chi connectivity index (χ2n) is 4.36. The summed E-state index contributed by atoms with van der Waals surface area (Å²) in [5.41, 5.74) is 1.31. The molecule has 0 saturated heterocycles. The predicted molar refractivity (Wildman–Crippen MR) is 89.5 cm³/mol. The van der Waals surface area contributed by atoms with E-state index < -0.39 is 12.6 Å². The number of aliphatic carboxylic acids is 1. The van der Waals surface area contributed by atoms with Crippen LogP contribution in [0.2, 0.25) is 5.15 Å². The van der Waals surface area contributed by atoms with Crippen LogP contribution in [0, 0.1) is 4.77 Å². The summed E-state index contributed by atoms with van der Waals surface area (Å²) in [6.45, 7) is -0.468. The van der Waals surface area contributed by atoms with E-state index in [2.05, 4.69) is 9.97 Å². The quantitative estimate of drug-likeness (QED) is 0.612. The highest BCUT2D eigenvalue weighted by Gasteiger charge is 2.10. The molecule has 8 heteroatoms. The molecule has 0 aliphatic carbocycles. The van der Waals surface area contributed by atoms with Gasteiger partial charge in [0.15, 0.2) is 22.9 Å². The number of carboxylic acid groups (broad SMARTS) is 1. The number of halogens is 1. The molecule has 2 aromatic rings. The maximum atomic E-state index is 10.7. The van der Waals surface area contributed by atoms with Crippen LogP contribution < -0.4 is 9.47 Å². The number of benzene rings is 1. The molecule has 0 amide bonds. The third kappa shape index (κ3) is 4.80. The Hall–Kier alpha value is -2.38. The van der Waals surface area contributed by atoms with E-state index in [1.807, 2.05) is 0 Å². The van der Waals surface area contributed by atoms with E-state index >= 15 is 0 Å². The highest BCUT2D eigenvalue weighted by molar-refractivity contribution is 7.71. The summed E-state index contributed by atoms with van der Waals surface area (Å²) < 4.78 is 10.8. The third-order valence-corrected chi connectivity index (χ3v) is 3.13. The van der Waals surface area contributed by atoms with Crippen LogP contribution in [0.4, 0.5) is 0 Å². The standard InChI is InChI=1S/C15H13ClN2O4S/c1-21-11-4-2-3-9(14(11)22-8-13(19)20)5-6-10-7-12(16)18-15(23)17-10/h2-7H,8H2,1H3,(H,19,20)(H,17,18,23). The molecule has 1 aromatic carbocycles. The van der Waals surface area contributed by atoms with Gasteiger partial charge in [-0.25, -0.2) is 9.78 Å². The summed E-state index contributed by atoms with van der Waals surface area (Å²) in [5, 5.41) is 9.06. The zero-order valence-corrected chi connectivity index (χ0v) is 13.6. The molecule has 0 saturated carbocycles. The van der Waals surface area contributed by atoms with Crippen molar-refractivity contribution in [3.05, 3.63) is 45.4 Å². The van der Waals surface area contributed by atoms with Gasteiger partial charge < -0.3 is 19.6 Å². The number of rotatable bonds is 6. The Bertz CT molecular complexity index is 804. The molecule has 0 atom stereocenters. The van der Waals surface area contributed by atoms with E-state index in [4.69, 9.17) is 38.4 Å². The lowest BCUT2D eigenvalue weighted by Gasteiger charge is -2.11. The fourth-order valence-corrected chi connectivity index (χ4v) is 2.30. The lowest BCUT2D eigenvalue weighted by Crippen LogP contribution is -2.10. The summed E-state index contributed by atoms with van der Waals surface area (Å²) >= 11 is 10.8.